The number of fused-ring (bicyclic) bond motifs is 2. The van der Waals surface area contributed by atoms with E-state index in [-0.39, 0.29) is 17.4 Å². The number of anilines is 2. The first-order chi connectivity index (χ1) is 13.3. The Balaban J connectivity index is 1.72. The lowest BCUT2D eigenvalue weighted by Crippen LogP contribution is -2.37. The van der Waals surface area contributed by atoms with Gasteiger partial charge < -0.3 is 20.7 Å². The minimum absolute atomic E-state index is 0.0788. The molecule has 0 aliphatic carbocycles. The molecule has 6 nitrogen and oxygen atoms in total. The molecule has 2 aliphatic rings. The zero-order valence-electron chi connectivity index (χ0n) is 16.0. The molecule has 0 aromatic heterocycles. The van der Waals surface area contributed by atoms with Gasteiger partial charge in [0.1, 0.15) is 5.82 Å². The van der Waals surface area contributed by atoms with E-state index in [0.29, 0.717) is 11.3 Å². The summed E-state index contributed by atoms with van der Waals surface area (Å²) in [6.45, 7) is 6.76. The number of nitrogens with one attached hydrogen (secondary N) is 3. The van der Waals surface area contributed by atoms with Gasteiger partial charge in [-0.1, -0.05) is 6.07 Å². The van der Waals surface area contributed by atoms with Gasteiger partial charge in [0.15, 0.2) is 5.60 Å². The Bertz CT molecular complexity index is 989. The van der Waals surface area contributed by atoms with Gasteiger partial charge in [0.2, 0.25) is 0 Å². The van der Waals surface area contributed by atoms with Gasteiger partial charge in [-0.05, 0) is 56.2 Å². The summed E-state index contributed by atoms with van der Waals surface area (Å²) in [7, 11) is 0. The Morgan fingerprint density at radius 3 is 2.71 bits per heavy atom. The number of carbonyl (C=O) groups is 2. The minimum Gasteiger partial charge on any atom is -0.358 e. The number of halogens is 1. The highest BCUT2D eigenvalue weighted by molar-refractivity contribution is 6.13. The van der Waals surface area contributed by atoms with E-state index in [9.17, 15) is 14.0 Å². The van der Waals surface area contributed by atoms with Gasteiger partial charge in [-0.25, -0.2) is 4.39 Å². The predicted molar refractivity (Wildman–Crippen MR) is 104 cm³/mol. The molecule has 0 radical (unpaired) electrons. The molecule has 2 aromatic rings. The second kappa shape index (κ2) is 6.68. The monoisotopic (exact) mass is 383 g/mol. The van der Waals surface area contributed by atoms with E-state index in [1.807, 2.05) is 18.2 Å². The van der Waals surface area contributed by atoms with Crippen molar-refractivity contribution in [2.45, 2.75) is 45.6 Å². The van der Waals surface area contributed by atoms with Crippen LogP contribution in [0.3, 0.4) is 0 Å². The second-order valence-corrected chi connectivity index (χ2v) is 7.57. The van der Waals surface area contributed by atoms with Crippen molar-refractivity contribution in [1.82, 2.24) is 5.32 Å². The van der Waals surface area contributed by atoms with Crippen LogP contribution in [0.5, 0.6) is 0 Å². The lowest BCUT2D eigenvalue weighted by atomic mass is 9.91. The van der Waals surface area contributed by atoms with Crippen molar-refractivity contribution >= 4 is 23.2 Å². The molecular weight excluding hydrogens is 361 g/mol. The standard InChI is InChI=1S/C21H22FN3O3/c1-11(2)28-21(3)18-16(7-14(22)8-17(18)25-20(21)27)19(26)24-15-5-4-12-9-23-10-13(12)6-15/h4-8,11,23H,9-10H2,1-3H3,(H,24,26)(H,25,27)/t21-/m0/s1. The van der Waals surface area contributed by atoms with Gasteiger partial charge in [-0.15, -0.1) is 0 Å². The predicted octanol–water partition coefficient (Wildman–Crippen LogP) is 3.27. The zero-order chi connectivity index (χ0) is 20.1. The molecular formula is C21H22FN3O3. The number of hydrogen-bond acceptors (Lipinski definition) is 4. The van der Waals surface area contributed by atoms with Crippen LogP contribution in [-0.2, 0) is 28.2 Å². The molecule has 2 aromatic carbocycles. The maximum atomic E-state index is 14.2. The van der Waals surface area contributed by atoms with E-state index in [1.165, 1.54) is 11.6 Å². The number of carbonyl (C=O) groups excluding carboxylic acids is 2. The van der Waals surface area contributed by atoms with Crippen molar-refractivity contribution in [2.75, 3.05) is 10.6 Å². The lowest BCUT2D eigenvalue weighted by Gasteiger charge is -2.27. The van der Waals surface area contributed by atoms with Crippen molar-refractivity contribution in [2.24, 2.45) is 0 Å². The van der Waals surface area contributed by atoms with Gasteiger partial charge in [0.05, 0.1) is 17.4 Å². The third-order valence-corrected chi connectivity index (χ3v) is 5.07. The Kier molecular flexibility index (Phi) is 4.44. The SMILES string of the molecule is CC(C)O[C@]1(C)C(=O)Nc2cc(F)cc(C(=O)Nc3ccc4c(c3)CNC4)c21. The summed E-state index contributed by atoms with van der Waals surface area (Å²) in [5, 5.41) is 8.71. The highest BCUT2D eigenvalue weighted by Gasteiger charge is 2.47. The summed E-state index contributed by atoms with van der Waals surface area (Å²) in [4.78, 5) is 25.6. The van der Waals surface area contributed by atoms with Crippen LogP contribution in [0, 0.1) is 5.82 Å². The number of hydrogen-bond donors (Lipinski definition) is 3. The molecule has 0 saturated heterocycles. The van der Waals surface area contributed by atoms with Crippen molar-refractivity contribution in [1.29, 1.82) is 0 Å². The van der Waals surface area contributed by atoms with Crippen LogP contribution in [0.2, 0.25) is 0 Å². The normalized spacial score (nSPS) is 20.1. The van der Waals surface area contributed by atoms with E-state index in [1.54, 1.807) is 20.8 Å². The first-order valence-electron chi connectivity index (χ1n) is 9.25. The van der Waals surface area contributed by atoms with E-state index in [0.717, 1.165) is 24.7 Å². The Morgan fingerprint density at radius 2 is 1.96 bits per heavy atom. The summed E-state index contributed by atoms with van der Waals surface area (Å²) < 4.78 is 20.0. The van der Waals surface area contributed by atoms with E-state index in [2.05, 4.69) is 16.0 Å². The third-order valence-electron chi connectivity index (χ3n) is 5.07. The molecule has 28 heavy (non-hydrogen) atoms. The molecule has 146 valence electrons. The Morgan fingerprint density at radius 1 is 1.21 bits per heavy atom. The van der Waals surface area contributed by atoms with Crippen LogP contribution in [0.15, 0.2) is 30.3 Å². The first kappa shape index (κ1) is 18.6. The number of benzene rings is 2. The molecule has 0 saturated carbocycles. The van der Waals surface area contributed by atoms with E-state index < -0.39 is 23.2 Å². The number of rotatable bonds is 4. The first-order valence-corrected chi connectivity index (χ1v) is 9.25. The second-order valence-electron chi connectivity index (χ2n) is 7.57. The van der Waals surface area contributed by atoms with Crippen LogP contribution in [0.4, 0.5) is 15.8 Å². The Labute approximate surface area is 162 Å². The molecule has 0 spiro atoms. The van der Waals surface area contributed by atoms with Gasteiger partial charge in [0.25, 0.3) is 11.8 Å². The Hall–Kier alpha value is -2.77. The smallest absolute Gasteiger partial charge is 0.261 e. The fraction of sp³-hybridized carbons (Fsp3) is 0.333. The zero-order valence-corrected chi connectivity index (χ0v) is 16.0. The average molecular weight is 383 g/mol. The van der Waals surface area contributed by atoms with Crippen LogP contribution in [-0.4, -0.2) is 17.9 Å². The lowest BCUT2D eigenvalue weighted by molar-refractivity contribution is -0.144. The van der Waals surface area contributed by atoms with Crippen molar-refractivity contribution in [3.05, 3.63) is 58.4 Å². The summed E-state index contributed by atoms with van der Waals surface area (Å²) >= 11 is 0. The number of amides is 2. The molecule has 3 N–H and O–H groups in total. The maximum Gasteiger partial charge on any atom is 0.261 e. The molecule has 2 amide bonds. The van der Waals surface area contributed by atoms with Crippen LogP contribution < -0.4 is 16.0 Å². The molecule has 7 heteroatoms. The molecule has 0 bridgehead atoms. The molecule has 2 heterocycles. The minimum atomic E-state index is -1.37. The average Bonchev–Trinajstić information content (AvgIpc) is 3.16. The molecule has 0 fully saturated rings. The van der Waals surface area contributed by atoms with Crippen molar-refractivity contribution < 1.29 is 18.7 Å². The number of ether oxygens (including phenoxy) is 1. The summed E-state index contributed by atoms with van der Waals surface area (Å²) in [5.41, 5.74) is 2.25. The largest absolute Gasteiger partial charge is 0.358 e. The maximum absolute atomic E-state index is 14.2. The van der Waals surface area contributed by atoms with Gasteiger partial charge in [-0.2, -0.15) is 0 Å². The topological polar surface area (TPSA) is 79.5 Å². The molecule has 0 unspecified atom stereocenters. The molecule has 4 rings (SSSR count). The fourth-order valence-electron chi connectivity index (χ4n) is 3.91. The van der Waals surface area contributed by atoms with Crippen molar-refractivity contribution in [3.8, 4) is 0 Å². The highest BCUT2D eigenvalue weighted by atomic mass is 19.1. The highest BCUT2D eigenvalue weighted by Crippen LogP contribution is 2.42. The quantitative estimate of drug-likeness (QED) is 0.757. The van der Waals surface area contributed by atoms with Gasteiger partial charge in [0, 0.05) is 24.3 Å². The fourth-order valence-corrected chi connectivity index (χ4v) is 3.91. The summed E-state index contributed by atoms with van der Waals surface area (Å²) in [6, 6.07) is 8.03. The van der Waals surface area contributed by atoms with Crippen LogP contribution in [0.1, 0.15) is 47.8 Å². The van der Waals surface area contributed by atoms with E-state index >= 15 is 0 Å². The molecule has 2 aliphatic heterocycles. The third kappa shape index (κ3) is 3.06. The van der Waals surface area contributed by atoms with Crippen LogP contribution >= 0.6 is 0 Å². The van der Waals surface area contributed by atoms with Crippen molar-refractivity contribution in [3.63, 3.8) is 0 Å². The van der Waals surface area contributed by atoms with Gasteiger partial charge in [-0.3, -0.25) is 9.59 Å². The summed E-state index contributed by atoms with van der Waals surface area (Å²) in [5.74, 6) is -1.51. The summed E-state index contributed by atoms with van der Waals surface area (Å²) in [6.07, 6.45) is -0.258. The van der Waals surface area contributed by atoms with Crippen LogP contribution in [0.25, 0.3) is 0 Å². The van der Waals surface area contributed by atoms with E-state index in [4.69, 9.17) is 4.74 Å². The van der Waals surface area contributed by atoms with Gasteiger partial charge >= 0.3 is 0 Å². The molecule has 1 atom stereocenters.